The van der Waals surface area contributed by atoms with Crippen LogP contribution < -0.4 is 5.01 Å². The molecule has 1 unspecified atom stereocenters. The van der Waals surface area contributed by atoms with Crippen molar-refractivity contribution in [2.24, 2.45) is 11.0 Å². The Morgan fingerprint density at radius 2 is 1.90 bits per heavy atom. The van der Waals surface area contributed by atoms with Crippen molar-refractivity contribution in [2.75, 3.05) is 18.1 Å². The molecule has 30 heavy (non-hydrogen) atoms. The number of carbonyl (C=O) groups is 2. The second kappa shape index (κ2) is 8.86. The van der Waals surface area contributed by atoms with E-state index in [1.807, 2.05) is 60.5 Å². The van der Waals surface area contributed by atoms with Gasteiger partial charge in [-0.15, -0.1) is 0 Å². The summed E-state index contributed by atoms with van der Waals surface area (Å²) in [5.74, 6) is -0.222. The number of hydrazone groups is 1. The van der Waals surface area contributed by atoms with Gasteiger partial charge in [-0.05, 0) is 48.6 Å². The number of nitrogens with zero attached hydrogens (tertiary/aromatic N) is 4. The van der Waals surface area contributed by atoms with Crippen molar-refractivity contribution in [3.05, 3.63) is 83.7 Å². The van der Waals surface area contributed by atoms with Crippen LogP contribution in [0.4, 0.5) is 5.69 Å². The van der Waals surface area contributed by atoms with Gasteiger partial charge in [0, 0.05) is 36.6 Å². The number of rotatable bonds is 7. The average molecular weight is 400 g/mol. The highest BCUT2D eigenvalue weighted by molar-refractivity contribution is 6.21. The Hall–Kier alpha value is -3.54. The number of pyridine rings is 1. The molecule has 1 aromatic carbocycles. The fraction of sp³-hybridized carbons (Fsp3) is 0.250. The zero-order valence-corrected chi connectivity index (χ0v) is 16.9. The molecule has 152 valence electrons. The van der Waals surface area contributed by atoms with Crippen LogP contribution in [0.5, 0.6) is 0 Å². The number of para-hydroxylation sites is 1. The molecular weight excluding hydrogens is 376 g/mol. The van der Waals surface area contributed by atoms with Crippen molar-refractivity contribution in [2.45, 2.75) is 19.8 Å². The SMILES string of the molecule is CC1CC=CC2=C1C(=O)N(CCCN(/N=C/c1ccncc1)c1ccccc1)C2=O. The lowest BCUT2D eigenvalue weighted by molar-refractivity contribution is -0.137. The summed E-state index contributed by atoms with van der Waals surface area (Å²) in [6, 6.07) is 13.6. The molecule has 0 N–H and O–H groups in total. The standard InChI is InChI=1S/C24H24N4O2/c1-18-7-5-10-21-22(18)24(30)27(23(21)29)15-6-16-28(20-8-3-2-4-9-20)26-17-19-11-13-25-14-12-19/h2-5,8-14,17-18H,6-7,15-16H2,1H3/b26-17+. The Labute approximate surface area is 176 Å². The van der Waals surface area contributed by atoms with Crippen LogP contribution in [0, 0.1) is 5.92 Å². The highest BCUT2D eigenvalue weighted by Crippen LogP contribution is 2.33. The Bertz CT molecular complexity index is 1010. The molecule has 2 aromatic rings. The van der Waals surface area contributed by atoms with Gasteiger partial charge in [-0.3, -0.25) is 24.5 Å². The van der Waals surface area contributed by atoms with Crippen molar-refractivity contribution >= 4 is 23.7 Å². The number of amides is 2. The van der Waals surface area contributed by atoms with E-state index in [2.05, 4.69) is 10.1 Å². The van der Waals surface area contributed by atoms with Crippen LogP contribution in [-0.2, 0) is 9.59 Å². The summed E-state index contributed by atoms with van der Waals surface area (Å²) >= 11 is 0. The number of imide groups is 1. The molecule has 4 rings (SSSR count). The third-order valence-corrected chi connectivity index (χ3v) is 5.37. The van der Waals surface area contributed by atoms with E-state index in [-0.39, 0.29) is 17.7 Å². The molecule has 0 saturated heterocycles. The largest absolute Gasteiger partial charge is 0.275 e. The van der Waals surface area contributed by atoms with Crippen LogP contribution in [0.1, 0.15) is 25.3 Å². The number of carbonyl (C=O) groups excluding carboxylic acids is 2. The minimum Gasteiger partial charge on any atom is -0.275 e. The van der Waals surface area contributed by atoms with E-state index in [0.717, 1.165) is 17.7 Å². The second-order valence-corrected chi connectivity index (χ2v) is 7.47. The molecule has 0 radical (unpaired) electrons. The number of aromatic nitrogens is 1. The van der Waals surface area contributed by atoms with E-state index >= 15 is 0 Å². The molecule has 6 nitrogen and oxygen atoms in total. The highest BCUT2D eigenvalue weighted by Gasteiger charge is 2.39. The maximum absolute atomic E-state index is 12.8. The molecule has 2 heterocycles. The first-order valence-corrected chi connectivity index (χ1v) is 10.2. The first kappa shape index (κ1) is 19.8. The number of anilines is 1. The van der Waals surface area contributed by atoms with Crippen LogP contribution in [0.3, 0.4) is 0 Å². The van der Waals surface area contributed by atoms with Crippen molar-refractivity contribution in [1.82, 2.24) is 9.88 Å². The summed E-state index contributed by atoms with van der Waals surface area (Å²) in [4.78, 5) is 30.9. The molecule has 1 aromatic heterocycles. The average Bonchev–Trinajstić information content (AvgIpc) is 3.03. The van der Waals surface area contributed by atoms with Gasteiger partial charge in [0.25, 0.3) is 11.8 Å². The summed E-state index contributed by atoms with van der Waals surface area (Å²) < 4.78 is 0. The molecule has 0 saturated carbocycles. The fourth-order valence-electron chi connectivity index (χ4n) is 3.78. The van der Waals surface area contributed by atoms with E-state index in [1.54, 1.807) is 24.7 Å². The molecule has 0 fully saturated rings. The topological polar surface area (TPSA) is 65.9 Å². The number of benzene rings is 1. The normalized spacial score (nSPS) is 18.4. The van der Waals surface area contributed by atoms with Crippen LogP contribution in [0.15, 0.2) is 83.3 Å². The quantitative estimate of drug-likeness (QED) is 0.405. The summed E-state index contributed by atoms with van der Waals surface area (Å²) in [6.07, 6.45) is 10.4. The number of allylic oxidation sites excluding steroid dienone is 1. The minimum absolute atomic E-state index is 0.0947. The van der Waals surface area contributed by atoms with Gasteiger partial charge in [0.15, 0.2) is 0 Å². The zero-order valence-electron chi connectivity index (χ0n) is 16.9. The van der Waals surface area contributed by atoms with Gasteiger partial charge in [0.2, 0.25) is 0 Å². The summed E-state index contributed by atoms with van der Waals surface area (Å²) in [6.45, 7) is 2.95. The Morgan fingerprint density at radius 3 is 2.63 bits per heavy atom. The van der Waals surface area contributed by atoms with E-state index < -0.39 is 0 Å². The monoisotopic (exact) mass is 400 g/mol. The second-order valence-electron chi connectivity index (χ2n) is 7.47. The van der Waals surface area contributed by atoms with Crippen LogP contribution >= 0.6 is 0 Å². The van der Waals surface area contributed by atoms with Gasteiger partial charge in [0.1, 0.15) is 0 Å². The lowest BCUT2D eigenvalue weighted by Gasteiger charge is -2.21. The van der Waals surface area contributed by atoms with Gasteiger partial charge in [-0.2, -0.15) is 5.10 Å². The van der Waals surface area contributed by atoms with E-state index in [0.29, 0.717) is 30.7 Å². The van der Waals surface area contributed by atoms with Gasteiger partial charge >= 0.3 is 0 Å². The van der Waals surface area contributed by atoms with E-state index in [1.165, 1.54) is 4.90 Å². The lowest BCUT2D eigenvalue weighted by atomic mass is 9.90. The highest BCUT2D eigenvalue weighted by atomic mass is 16.2. The van der Waals surface area contributed by atoms with Gasteiger partial charge < -0.3 is 0 Å². The molecule has 1 aliphatic heterocycles. The van der Waals surface area contributed by atoms with Crippen LogP contribution in [-0.4, -0.2) is 41.0 Å². The molecule has 2 aliphatic rings. The van der Waals surface area contributed by atoms with Crippen molar-refractivity contribution in [3.63, 3.8) is 0 Å². The molecule has 0 spiro atoms. The summed E-state index contributed by atoms with van der Waals surface area (Å²) in [5, 5.41) is 6.51. The van der Waals surface area contributed by atoms with Crippen molar-refractivity contribution in [1.29, 1.82) is 0 Å². The number of hydrogen-bond donors (Lipinski definition) is 0. The Kier molecular flexibility index (Phi) is 5.84. The zero-order chi connectivity index (χ0) is 20.9. The predicted molar refractivity (Wildman–Crippen MR) is 117 cm³/mol. The smallest absolute Gasteiger partial charge is 0.261 e. The van der Waals surface area contributed by atoms with E-state index in [9.17, 15) is 9.59 Å². The Balaban J connectivity index is 1.43. The molecular formula is C24H24N4O2. The summed E-state index contributed by atoms with van der Waals surface area (Å²) in [7, 11) is 0. The summed E-state index contributed by atoms with van der Waals surface area (Å²) in [5.41, 5.74) is 3.14. The van der Waals surface area contributed by atoms with Gasteiger partial charge in [-0.1, -0.05) is 37.3 Å². The Morgan fingerprint density at radius 1 is 1.13 bits per heavy atom. The van der Waals surface area contributed by atoms with Crippen molar-refractivity contribution < 1.29 is 9.59 Å². The molecule has 2 amide bonds. The molecule has 0 bridgehead atoms. The maximum atomic E-state index is 12.8. The molecule has 1 atom stereocenters. The molecule has 1 aliphatic carbocycles. The molecule has 6 heteroatoms. The van der Waals surface area contributed by atoms with Crippen LogP contribution in [0.2, 0.25) is 0 Å². The van der Waals surface area contributed by atoms with Crippen molar-refractivity contribution in [3.8, 4) is 0 Å². The van der Waals surface area contributed by atoms with Crippen LogP contribution in [0.25, 0.3) is 0 Å². The fourth-order valence-corrected chi connectivity index (χ4v) is 3.78. The van der Waals surface area contributed by atoms with Gasteiger partial charge in [0.05, 0.1) is 11.9 Å². The third-order valence-electron chi connectivity index (χ3n) is 5.37. The number of hydrogen-bond acceptors (Lipinski definition) is 5. The maximum Gasteiger partial charge on any atom is 0.261 e. The first-order valence-electron chi connectivity index (χ1n) is 10.2. The minimum atomic E-state index is -0.177. The lowest BCUT2D eigenvalue weighted by Crippen LogP contribution is -2.34. The van der Waals surface area contributed by atoms with Gasteiger partial charge in [-0.25, -0.2) is 0 Å². The third kappa shape index (κ3) is 4.08. The van der Waals surface area contributed by atoms with E-state index in [4.69, 9.17) is 0 Å². The predicted octanol–water partition coefficient (Wildman–Crippen LogP) is 3.57. The first-order chi connectivity index (χ1) is 14.6.